The van der Waals surface area contributed by atoms with E-state index in [0.717, 1.165) is 28.7 Å². The molecule has 0 aromatic heterocycles. The Morgan fingerprint density at radius 1 is 1.47 bits per heavy atom. The van der Waals surface area contributed by atoms with E-state index in [2.05, 4.69) is 29.8 Å². The van der Waals surface area contributed by atoms with Crippen molar-refractivity contribution in [3.05, 3.63) is 28.2 Å². The Balaban J connectivity index is 2.29. The van der Waals surface area contributed by atoms with E-state index in [1.54, 1.807) is 0 Å². The van der Waals surface area contributed by atoms with Crippen molar-refractivity contribution in [3.63, 3.8) is 0 Å². The molecule has 2 rings (SSSR count). The number of amides is 1. The molecular formula is C13H17BrN2O. The molecule has 0 radical (unpaired) electrons. The smallest absolute Gasteiger partial charge is 0.248 e. The number of nitrogens with zero attached hydrogens (tertiary/aromatic N) is 1. The molecule has 1 heterocycles. The Morgan fingerprint density at radius 3 is 2.82 bits per heavy atom. The van der Waals surface area contributed by atoms with E-state index >= 15 is 0 Å². The van der Waals surface area contributed by atoms with Gasteiger partial charge in [0, 0.05) is 16.6 Å². The van der Waals surface area contributed by atoms with Crippen molar-refractivity contribution in [3.8, 4) is 0 Å². The van der Waals surface area contributed by atoms with Crippen LogP contribution in [0.4, 0.5) is 5.69 Å². The molecule has 1 aromatic rings. The van der Waals surface area contributed by atoms with Gasteiger partial charge in [-0.25, -0.2) is 0 Å². The normalized spacial score (nSPS) is 19.0. The summed E-state index contributed by atoms with van der Waals surface area (Å²) in [6.45, 7) is 5.05. The van der Waals surface area contributed by atoms with Gasteiger partial charge in [-0.3, -0.25) is 4.79 Å². The third kappa shape index (κ3) is 2.38. The third-order valence-corrected chi connectivity index (χ3v) is 3.57. The van der Waals surface area contributed by atoms with E-state index in [-0.39, 0.29) is 5.91 Å². The summed E-state index contributed by atoms with van der Waals surface area (Å²) in [5, 5.41) is 0. The molecule has 0 saturated carbocycles. The monoisotopic (exact) mass is 296 g/mol. The van der Waals surface area contributed by atoms with Gasteiger partial charge < -0.3 is 10.6 Å². The molecule has 92 valence electrons. The zero-order valence-electron chi connectivity index (χ0n) is 10.1. The number of hydrogen-bond donors (Lipinski definition) is 1. The van der Waals surface area contributed by atoms with E-state index in [1.807, 2.05) is 23.1 Å². The van der Waals surface area contributed by atoms with Crippen LogP contribution in [0.1, 0.15) is 31.9 Å². The van der Waals surface area contributed by atoms with Crippen molar-refractivity contribution >= 4 is 27.5 Å². The van der Waals surface area contributed by atoms with E-state index in [0.29, 0.717) is 5.92 Å². The van der Waals surface area contributed by atoms with Crippen LogP contribution in [-0.4, -0.2) is 12.5 Å². The lowest BCUT2D eigenvalue weighted by molar-refractivity contribution is -0.119. The Bertz CT molecular complexity index is 445. The number of nitrogens with two attached hydrogens (primary N) is 1. The van der Waals surface area contributed by atoms with Crippen LogP contribution in [0.25, 0.3) is 0 Å². The van der Waals surface area contributed by atoms with Gasteiger partial charge in [-0.15, -0.1) is 0 Å². The highest BCUT2D eigenvalue weighted by atomic mass is 79.9. The number of hydrogen-bond acceptors (Lipinski definition) is 2. The van der Waals surface area contributed by atoms with E-state index in [1.165, 1.54) is 0 Å². The summed E-state index contributed by atoms with van der Waals surface area (Å²) < 4.78 is 0.979. The van der Waals surface area contributed by atoms with E-state index in [9.17, 15) is 4.79 Å². The number of fused-ring (bicyclic) bond motifs is 1. The lowest BCUT2D eigenvalue weighted by atomic mass is 10.1. The summed E-state index contributed by atoms with van der Waals surface area (Å²) >= 11 is 3.43. The maximum absolute atomic E-state index is 12.1. The first-order chi connectivity index (χ1) is 8.00. The molecule has 1 unspecified atom stereocenters. The molecule has 17 heavy (non-hydrogen) atoms. The van der Waals surface area contributed by atoms with Gasteiger partial charge >= 0.3 is 0 Å². The highest BCUT2D eigenvalue weighted by molar-refractivity contribution is 9.10. The maximum Gasteiger partial charge on any atom is 0.248 e. The van der Waals surface area contributed by atoms with E-state index in [4.69, 9.17) is 5.73 Å². The van der Waals surface area contributed by atoms with Crippen LogP contribution >= 0.6 is 15.9 Å². The summed E-state index contributed by atoms with van der Waals surface area (Å²) in [4.78, 5) is 13.9. The van der Waals surface area contributed by atoms with Crippen LogP contribution in [0.2, 0.25) is 0 Å². The number of carbonyl (C=O) groups is 1. The molecule has 0 aliphatic carbocycles. The van der Waals surface area contributed by atoms with Gasteiger partial charge in [0.2, 0.25) is 5.91 Å². The average Bonchev–Trinajstić information content (AvgIpc) is 2.49. The SMILES string of the molecule is CC(C)CCN1C(=O)C(N)c2ccc(Br)cc21. The minimum absolute atomic E-state index is 0.0127. The zero-order chi connectivity index (χ0) is 12.6. The minimum atomic E-state index is -0.495. The molecule has 1 aromatic carbocycles. The van der Waals surface area contributed by atoms with Crippen molar-refractivity contribution in [2.24, 2.45) is 11.7 Å². The molecule has 1 aliphatic rings. The van der Waals surface area contributed by atoms with Crippen LogP contribution in [0.5, 0.6) is 0 Å². The second-order valence-corrected chi connectivity index (χ2v) is 5.77. The van der Waals surface area contributed by atoms with Gasteiger partial charge in [-0.05, 0) is 24.5 Å². The topological polar surface area (TPSA) is 46.3 Å². The van der Waals surface area contributed by atoms with Crippen LogP contribution in [0.15, 0.2) is 22.7 Å². The molecule has 4 heteroatoms. The first-order valence-electron chi connectivity index (χ1n) is 5.87. The van der Waals surface area contributed by atoms with Crippen LogP contribution in [0, 0.1) is 5.92 Å². The Kier molecular flexibility index (Phi) is 3.54. The fourth-order valence-electron chi connectivity index (χ4n) is 2.05. The van der Waals surface area contributed by atoms with Gasteiger partial charge in [0.15, 0.2) is 0 Å². The molecule has 1 aliphatic heterocycles. The minimum Gasteiger partial charge on any atom is -0.316 e. The largest absolute Gasteiger partial charge is 0.316 e. The molecule has 0 spiro atoms. The molecule has 1 amide bonds. The standard InChI is InChI=1S/C13H17BrN2O/c1-8(2)5-6-16-11-7-9(14)3-4-10(11)12(15)13(16)17/h3-4,7-8,12H,5-6,15H2,1-2H3. The van der Waals surface area contributed by atoms with Gasteiger partial charge in [-0.2, -0.15) is 0 Å². The van der Waals surface area contributed by atoms with Crippen molar-refractivity contribution in [2.75, 3.05) is 11.4 Å². The van der Waals surface area contributed by atoms with Gasteiger partial charge in [0.1, 0.15) is 6.04 Å². The number of anilines is 1. The Hall–Kier alpha value is -0.870. The predicted octanol–water partition coefficient (Wildman–Crippen LogP) is 2.84. The fraction of sp³-hybridized carbons (Fsp3) is 0.462. The number of carbonyl (C=O) groups excluding carboxylic acids is 1. The van der Waals surface area contributed by atoms with Crippen LogP contribution in [-0.2, 0) is 4.79 Å². The maximum atomic E-state index is 12.1. The molecule has 0 saturated heterocycles. The van der Waals surface area contributed by atoms with Crippen LogP contribution in [0.3, 0.4) is 0 Å². The highest BCUT2D eigenvalue weighted by Gasteiger charge is 2.34. The number of halogens is 1. The predicted molar refractivity (Wildman–Crippen MR) is 72.9 cm³/mol. The molecule has 3 nitrogen and oxygen atoms in total. The first-order valence-corrected chi connectivity index (χ1v) is 6.66. The Morgan fingerprint density at radius 2 is 2.18 bits per heavy atom. The molecule has 0 bridgehead atoms. The highest BCUT2D eigenvalue weighted by Crippen LogP contribution is 2.36. The van der Waals surface area contributed by atoms with Gasteiger partial charge in [0.25, 0.3) is 0 Å². The molecule has 1 atom stereocenters. The zero-order valence-corrected chi connectivity index (χ0v) is 11.7. The van der Waals surface area contributed by atoms with Crippen molar-refractivity contribution < 1.29 is 4.79 Å². The second-order valence-electron chi connectivity index (χ2n) is 4.85. The molecule has 0 fully saturated rings. The van der Waals surface area contributed by atoms with Gasteiger partial charge in [0.05, 0.1) is 5.69 Å². The number of rotatable bonds is 3. The summed E-state index contributed by atoms with van der Waals surface area (Å²) in [6.07, 6.45) is 0.990. The van der Waals surface area contributed by atoms with Crippen molar-refractivity contribution in [1.29, 1.82) is 0 Å². The quantitative estimate of drug-likeness (QED) is 0.932. The van der Waals surface area contributed by atoms with Crippen molar-refractivity contribution in [2.45, 2.75) is 26.3 Å². The van der Waals surface area contributed by atoms with Gasteiger partial charge in [-0.1, -0.05) is 35.8 Å². The second kappa shape index (κ2) is 4.78. The fourth-order valence-corrected chi connectivity index (χ4v) is 2.40. The lowest BCUT2D eigenvalue weighted by Gasteiger charge is -2.18. The first kappa shape index (κ1) is 12.6. The van der Waals surface area contributed by atoms with Crippen LogP contribution < -0.4 is 10.6 Å². The Labute approximate surface area is 110 Å². The molecular weight excluding hydrogens is 280 g/mol. The van der Waals surface area contributed by atoms with E-state index < -0.39 is 6.04 Å². The summed E-state index contributed by atoms with van der Waals surface area (Å²) in [6, 6.07) is 5.33. The van der Waals surface area contributed by atoms with Crippen molar-refractivity contribution in [1.82, 2.24) is 0 Å². The summed E-state index contributed by atoms with van der Waals surface area (Å²) in [5.74, 6) is 0.592. The number of benzene rings is 1. The third-order valence-electron chi connectivity index (χ3n) is 3.08. The lowest BCUT2D eigenvalue weighted by Crippen LogP contribution is -2.33. The molecule has 2 N–H and O–H groups in total. The average molecular weight is 297 g/mol. The summed E-state index contributed by atoms with van der Waals surface area (Å²) in [7, 11) is 0. The summed E-state index contributed by atoms with van der Waals surface area (Å²) in [5.41, 5.74) is 7.82.